The van der Waals surface area contributed by atoms with Crippen LogP contribution in [0.2, 0.25) is 10.0 Å². The van der Waals surface area contributed by atoms with E-state index in [9.17, 15) is 38.7 Å². The maximum Gasteiger partial charge on any atom is 0.341 e. The number of ketones is 1. The quantitative estimate of drug-likeness (QED) is 0.177. The lowest BCUT2D eigenvalue weighted by Gasteiger charge is -2.43. The fourth-order valence-electron chi connectivity index (χ4n) is 5.05. The molecule has 3 atom stereocenters. The third-order valence-electron chi connectivity index (χ3n) is 7.41. The van der Waals surface area contributed by atoms with Crippen molar-refractivity contribution in [3.8, 4) is 0 Å². The van der Waals surface area contributed by atoms with Gasteiger partial charge in [-0.3, -0.25) is 33.8 Å². The van der Waals surface area contributed by atoms with Crippen LogP contribution in [0, 0.1) is 0 Å². The van der Waals surface area contributed by atoms with Gasteiger partial charge in [0.05, 0.1) is 33.4 Å². The zero-order valence-electron chi connectivity index (χ0n) is 24.2. The number of amides is 4. The Kier molecular flexibility index (Phi) is 10.7. The van der Waals surface area contributed by atoms with Crippen LogP contribution in [0.25, 0.3) is 0 Å². The normalized spacial score (nSPS) is 18.6. The highest BCUT2D eigenvalue weighted by atomic mass is 35.5. The summed E-state index contributed by atoms with van der Waals surface area (Å²) in [5, 5.41) is 16.3. The Labute approximate surface area is 272 Å². The number of carboxylic acids is 1. The second-order valence-electron chi connectivity index (χ2n) is 10.6. The predicted molar refractivity (Wildman–Crippen MR) is 163 cm³/mol. The van der Waals surface area contributed by atoms with Crippen molar-refractivity contribution in [2.45, 2.75) is 50.2 Å². The van der Waals surface area contributed by atoms with Gasteiger partial charge in [-0.25, -0.2) is 9.80 Å². The first-order valence-electron chi connectivity index (χ1n) is 14.0. The molecule has 7 N–H and O–H groups in total. The van der Waals surface area contributed by atoms with E-state index in [0.29, 0.717) is 6.42 Å². The van der Waals surface area contributed by atoms with Gasteiger partial charge in [-0.2, -0.15) is 0 Å². The second kappa shape index (κ2) is 14.5. The lowest BCUT2D eigenvalue weighted by molar-refractivity contribution is -0.176. The second-order valence-corrected chi connectivity index (χ2v) is 11.4. The lowest BCUT2D eigenvalue weighted by Crippen LogP contribution is -2.64. The molecule has 2 aliphatic rings. The summed E-state index contributed by atoms with van der Waals surface area (Å²) in [5.41, 5.74) is 11.8. The summed E-state index contributed by atoms with van der Waals surface area (Å²) in [7, 11) is 0. The van der Waals surface area contributed by atoms with Crippen molar-refractivity contribution >= 4 is 75.9 Å². The number of carbonyl (C=O) groups excluding carboxylic acids is 6. The molecule has 0 spiro atoms. The van der Waals surface area contributed by atoms with Crippen molar-refractivity contribution in [1.29, 1.82) is 0 Å². The van der Waals surface area contributed by atoms with E-state index in [1.807, 2.05) is 0 Å². The van der Waals surface area contributed by atoms with Gasteiger partial charge in [0.15, 0.2) is 12.4 Å². The van der Waals surface area contributed by atoms with Gasteiger partial charge in [-0.15, -0.1) is 0 Å². The average Bonchev–Trinajstić information content (AvgIpc) is 3.12. The number of halogens is 2. The van der Waals surface area contributed by atoms with E-state index in [1.54, 1.807) is 0 Å². The molecule has 2 heterocycles. The molecular weight excluding hydrogens is 647 g/mol. The number of hydrogen-bond acceptors (Lipinski definition) is 10. The monoisotopic (exact) mass is 676 g/mol. The smallest absolute Gasteiger partial charge is 0.341 e. The number of nitrogens with two attached hydrogens (primary N) is 2. The minimum absolute atomic E-state index is 0.0362. The molecule has 0 aromatic heterocycles. The molecule has 2 aromatic rings. The summed E-state index contributed by atoms with van der Waals surface area (Å²) >= 11 is 12.0. The van der Waals surface area contributed by atoms with Gasteiger partial charge < -0.3 is 31.9 Å². The maximum atomic E-state index is 13.7. The molecule has 3 unspecified atom stereocenters. The Morgan fingerprint density at radius 1 is 1.02 bits per heavy atom. The van der Waals surface area contributed by atoms with E-state index in [2.05, 4.69) is 10.6 Å². The molecule has 17 heteroatoms. The summed E-state index contributed by atoms with van der Waals surface area (Å²) in [5.74, 6) is -6.28. The Bertz CT molecular complexity index is 1580. The average molecular weight is 677 g/mol. The molecule has 2 saturated heterocycles. The third kappa shape index (κ3) is 7.66. The number of ether oxygens (including phenoxy) is 1. The van der Waals surface area contributed by atoms with Crippen molar-refractivity contribution in [1.82, 2.24) is 20.7 Å². The van der Waals surface area contributed by atoms with Crippen LogP contribution in [0.1, 0.15) is 52.8 Å². The number of hydrazine groups is 1. The van der Waals surface area contributed by atoms with E-state index in [0.717, 1.165) is 10.0 Å². The molecule has 4 amide bonds. The molecule has 46 heavy (non-hydrogen) atoms. The molecule has 2 aromatic carbocycles. The Morgan fingerprint density at radius 2 is 1.72 bits per heavy atom. The van der Waals surface area contributed by atoms with E-state index < -0.39 is 72.5 Å². The molecule has 15 nitrogen and oxygen atoms in total. The molecular formula is C29H30Cl2N6O9. The van der Waals surface area contributed by atoms with E-state index >= 15 is 0 Å². The molecule has 2 fully saturated rings. The predicted octanol–water partition coefficient (Wildman–Crippen LogP) is 1.17. The molecule has 244 valence electrons. The van der Waals surface area contributed by atoms with Crippen LogP contribution in [0.3, 0.4) is 0 Å². The highest BCUT2D eigenvalue weighted by Crippen LogP contribution is 2.27. The Hall–Kier alpha value is -4.89. The summed E-state index contributed by atoms with van der Waals surface area (Å²) in [4.78, 5) is 90.3. The molecule has 0 aliphatic carbocycles. The highest BCUT2D eigenvalue weighted by Gasteiger charge is 2.45. The van der Waals surface area contributed by atoms with E-state index in [1.165, 1.54) is 36.4 Å². The number of nitrogen functional groups attached to an aromatic ring is 2. The van der Waals surface area contributed by atoms with Crippen LogP contribution in [-0.4, -0.2) is 87.8 Å². The molecule has 0 radical (unpaired) electrons. The minimum Gasteiger partial charge on any atom is -0.481 e. The molecule has 0 saturated carbocycles. The van der Waals surface area contributed by atoms with Crippen molar-refractivity contribution < 1.29 is 43.4 Å². The first-order valence-corrected chi connectivity index (χ1v) is 14.8. The fourth-order valence-corrected chi connectivity index (χ4v) is 5.61. The number of fused-ring (bicyclic) bond motifs is 1. The zero-order valence-corrected chi connectivity index (χ0v) is 25.7. The van der Waals surface area contributed by atoms with Gasteiger partial charge in [0, 0.05) is 18.5 Å². The number of nitrogens with zero attached hydrogens (tertiary/aromatic N) is 2. The number of carbonyl (C=O) groups is 7. The van der Waals surface area contributed by atoms with Gasteiger partial charge in [0.1, 0.15) is 18.1 Å². The van der Waals surface area contributed by atoms with Crippen LogP contribution in [0.4, 0.5) is 11.4 Å². The number of carboxylic acid groups (broad SMARTS) is 1. The van der Waals surface area contributed by atoms with Gasteiger partial charge >= 0.3 is 11.9 Å². The topological polar surface area (TPSA) is 232 Å². The van der Waals surface area contributed by atoms with Crippen molar-refractivity contribution in [3.63, 3.8) is 0 Å². The number of esters is 1. The molecule has 0 bridgehead atoms. The third-order valence-corrected chi connectivity index (χ3v) is 8.04. The largest absolute Gasteiger partial charge is 0.481 e. The Morgan fingerprint density at radius 3 is 2.37 bits per heavy atom. The van der Waals surface area contributed by atoms with Gasteiger partial charge in [0.25, 0.3) is 11.8 Å². The van der Waals surface area contributed by atoms with E-state index in [-0.39, 0.29) is 58.4 Å². The molecule has 4 rings (SSSR count). The van der Waals surface area contributed by atoms with Crippen molar-refractivity contribution in [2.75, 3.05) is 24.6 Å². The minimum atomic E-state index is -1.67. The van der Waals surface area contributed by atoms with E-state index in [4.69, 9.17) is 39.4 Å². The molecule has 2 aliphatic heterocycles. The van der Waals surface area contributed by atoms with Crippen LogP contribution in [0.15, 0.2) is 36.4 Å². The zero-order chi connectivity index (χ0) is 33.7. The van der Waals surface area contributed by atoms with Gasteiger partial charge in [-0.05, 0) is 49.6 Å². The number of nitrogens with one attached hydrogen (secondary N) is 2. The number of Topliss-reactive ketones (excluding diaryl/α,β-unsaturated/α-hetero) is 1. The van der Waals surface area contributed by atoms with Crippen LogP contribution in [-0.2, 0) is 28.7 Å². The number of benzene rings is 2. The fraction of sp³-hybridized carbons (Fsp3) is 0.345. The lowest BCUT2D eigenvalue weighted by atomic mass is 10.0. The number of hydrogen-bond donors (Lipinski definition) is 5. The summed E-state index contributed by atoms with van der Waals surface area (Å²) < 4.78 is 5.00. The van der Waals surface area contributed by atoms with Gasteiger partial charge in [0.2, 0.25) is 11.8 Å². The van der Waals surface area contributed by atoms with Gasteiger partial charge in [-0.1, -0.05) is 29.3 Å². The maximum absolute atomic E-state index is 13.7. The SMILES string of the molecule is Nc1ccc(C(=O)NC2CCC(=O)N3CCCC(C(=O)NC(CC(=O)O)C(=O)COC(=O)c4c(Cl)cccc4Cl)N3C2=O)cc1N. The Balaban J connectivity index is 1.50. The van der Waals surface area contributed by atoms with Crippen LogP contribution < -0.4 is 22.1 Å². The summed E-state index contributed by atoms with van der Waals surface area (Å²) in [6.45, 7) is -0.818. The first-order chi connectivity index (χ1) is 21.8. The first kappa shape index (κ1) is 34.0. The summed E-state index contributed by atoms with van der Waals surface area (Å²) in [6.07, 6.45) is -0.683. The number of anilines is 2. The van der Waals surface area contributed by atoms with Crippen LogP contribution >= 0.6 is 23.2 Å². The number of rotatable bonds is 10. The van der Waals surface area contributed by atoms with Crippen molar-refractivity contribution in [3.05, 3.63) is 57.6 Å². The highest BCUT2D eigenvalue weighted by molar-refractivity contribution is 6.39. The standard InChI is InChI=1S/C29H30Cl2N6O9/c30-15-3-1-4-16(31)25(15)29(45)46-13-22(38)20(12-24(40)41)35-27(43)21-5-2-10-36-23(39)9-8-19(28(44)37(21)36)34-26(42)14-6-7-17(32)18(33)11-14/h1,3-4,6-7,11,19-21H,2,5,8-10,12-13,32-33H2,(H,34,42)(H,35,43)(H,40,41). The number of aliphatic carboxylic acids is 1. The van der Waals surface area contributed by atoms with Crippen LogP contribution in [0.5, 0.6) is 0 Å². The summed E-state index contributed by atoms with van der Waals surface area (Å²) in [6, 6.07) is 4.22. The van der Waals surface area contributed by atoms with Crippen molar-refractivity contribution in [2.24, 2.45) is 0 Å².